The SMILES string of the molecule is Cc1nc2ncnn2c(C)c1CCC(=O)Nc1ccc(Cl)cc1Cl. The van der Waals surface area contributed by atoms with E-state index in [4.69, 9.17) is 23.2 Å². The number of rotatable bonds is 4. The molecule has 2 heterocycles. The fourth-order valence-electron chi connectivity index (χ4n) is 2.56. The molecule has 124 valence electrons. The van der Waals surface area contributed by atoms with Crippen LogP contribution >= 0.6 is 23.2 Å². The Hall–Kier alpha value is -2.18. The number of benzene rings is 1. The van der Waals surface area contributed by atoms with E-state index in [0.717, 1.165) is 17.0 Å². The first-order valence-corrected chi connectivity index (χ1v) is 8.12. The molecule has 0 fully saturated rings. The maximum Gasteiger partial charge on any atom is 0.252 e. The largest absolute Gasteiger partial charge is 0.325 e. The second-order valence-corrected chi connectivity index (χ2v) is 6.25. The zero-order valence-corrected chi connectivity index (χ0v) is 14.7. The van der Waals surface area contributed by atoms with E-state index in [2.05, 4.69) is 20.4 Å². The molecule has 1 N–H and O–H groups in total. The van der Waals surface area contributed by atoms with Gasteiger partial charge >= 0.3 is 0 Å². The molecule has 0 saturated carbocycles. The number of hydrogen-bond donors (Lipinski definition) is 1. The number of halogens is 2. The van der Waals surface area contributed by atoms with Crippen molar-refractivity contribution < 1.29 is 4.79 Å². The fourth-order valence-corrected chi connectivity index (χ4v) is 3.02. The van der Waals surface area contributed by atoms with Crippen molar-refractivity contribution >= 4 is 40.6 Å². The summed E-state index contributed by atoms with van der Waals surface area (Å²) in [4.78, 5) is 20.7. The van der Waals surface area contributed by atoms with Gasteiger partial charge < -0.3 is 5.32 Å². The van der Waals surface area contributed by atoms with Gasteiger partial charge in [-0.1, -0.05) is 23.2 Å². The van der Waals surface area contributed by atoms with Gasteiger partial charge in [0.25, 0.3) is 5.78 Å². The number of anilines is 1. The smallest absolute Gasteiger partial charge is 0.252 e. The van der Waals surface area contributed by atoms with Crippen LogP contribution in [0.1, 0.15) is 23.4 Å². The summed E-state index contributed by atoms with van der Waals surface area (Å²) in [5, 5.41) is 7.88. The zero-order valence-electron chi connectivity index (χ0n) is 13.2. The molecule has 0 spiro atoms. The van der Waals surface area contributed by atoms with Crippen molar-refractivity contribution in [3.8, 4) is 0 Å². The van der Waals surface area contributed by atoms with Gasteiger partial charge in [0, 0.05) is 22.8 Å². The van der Waals surface area contributed by atoms with Crippen molar-refractivity contribution in [2.24, 2.45) is 0 Å². The Labute approximate surface area is 148 Å². The van der Waals surface area contributed by atoms with E-state index in [0.29, 0.717) is 34.4 Å². The van der Waals surface area contributed by atoms with Gasteiger partial charge in [-0.15, -0.1) is 0 Å². The molecule has 8 heteroatoms. The predicted octanol–water partition coefficient (Wildman–Crippen LogP) is 3.62. The topological polar surface area (TPSA) is 72.2 Å². The molecule has 0 atom stereocenters. The number of aryl methyl sites for hydroxylation is 2. The first-order chi connectivity index (χ1) is 11.5. The van der Waals surface area contributed by atoms with Crippen LogP contribution in [0.15, 0.2) is 24.5 Å². The number of nitrogens with zero attached hydrogens (tertiary/aromatic N) is 4. The van der Waals surface area contributed by atoms with Crippen molar-refractivity contribution in [1.29, 1.82) is 0 Å². The van der Waals surface area contributed by atoms with Gasteiger partial charge in [-0.05, 0) is 44.0 Å². The van der Waals surface area contributed by atoms with Crippen LogP contribution < -0.4 is 5.32 Å². The first-order valence-electron chi connectivity index (χ1n) is 7.36. The third-order valence-electron chi connectivity index (χ3n) is 3.80. The second-order valence-electron chi connectivity index (χ2n) is 5.41. The van der Waals surface area contributed by atoms with Gasteiger partial charge in [-0.3, -0.25) is 4.79 Å². The molecular formula is C16H15Cl2N5O. The van der Waals surface area contributed by atoms with Crippen LogP contribution in [0.5, 0.6) is 0 Å². The standard InChI is InChI=1S/C16H15Cl2N5O/c1-9-12(10(2)23-16(21-9)19-8-20-23)4-6-15(24)22-14-5-3-11(17)7-13(14)18/h3,5,7-8H,4,6H2,1-2H3,(H,22,24). The molecule has 0 aliphatic heterocycles. The number of hydrogen-bond acceptors (Lipinski definition) is 4. The number of carbonyl (C=O) groups excluding carboxylic acids is 1. The maximum absolute atomic E-state index is 12.2. The highest BCUT2D eigenvalue weighted by molar-refractivity contribution is 6.36. The van der Waals surface area contributed by atoms with Gasteiger partial charge in [0.1, 0.15) is 6.33 Å². The summed E-state index contributed by atoms with van der Waals surface area (Å²) < 4.78 is 1.68. The van der Waals surface area contributed by atoms with Gasteiger partial charge in [0.05, 0.1) is 10.7 Å². The Morgan fingerprint density at radius 3 is 2.83 bits per heavy atom. The Morgan fingerprint density at radius 2 is 2.08 bits per heavy atom. The molecule has 0 aliphatic carbocycles. The predicted molar refractivity (Wildman–Crippen MR) is 93.7 cm³/mol. The molecule has 0 saturated heterocycles. The van der Waals surface area contributed by atoms with Crippen molar-refractivity contribution in [3.05, 3.63) is 51.5 Å². The molecule has 3 rings (SSSR count). The first kappa shape index (κ1) is 16.7. The molecule has 0 unspecified atom stereocenters. The summed E-state index contributed by atoms with van der Waals surface area (Å²) in [6, 6.07) is 4.96. The third kappa shape index (κ3) is 3.34. The lowest BCUT2D eigenvalue weighted by Gasteiger charge is -2.11. The zero-order chi connectivity index (χ0) is 17.3. The van der Waals surface area contributed by atoms with Crippen molar-refractivity contribution in [3.63, 3.8) is 0 Å². The van der Waals surface area contributed by atoms with E-state index < -0.39 is 0 Å². The summed E-state index contributed by atoms with van der Waals surface area (Å²) >= 11 is 11.9. The van der Waals surface area contributed by atoms with Crippen LogP contribution in [-0.2, 0) is 11.2 Å². The van der Waals surface area contributed by atoms with Crippen molar-refractivity contribution in [1.82, 2.24) is 19.6 Å². The van der Waals surface area contributed by atoms with Crippen molar-refractivity contribution in [2.75, 3.05) is 5.32 Å². The molecular weight excluding hydrogens is 349 g/mol. The lowest BCUT2D eigenvalue weighted by atomic mass is 10.1. The van der Waals surface area contributed by atoms with Gasteiger partial charge in [0.2, 0.25) is 5.91 Å². The van der Waals surface area contributed by atoms with Crippen LogP contribution in [-0.4, -0.2) is 25.5 Å². The van der Waals surface area contributed by atoms with E-state index >= 15 is 0 Å². The summed E-state index contributed by atoms with van der Waals surface area (Å²) in [6.07, 6.45) is 2.33. The highest BCUT2D eigenvalue weighted by Crippen LogP contribution is 2.25. The van der Waals surface area contributed by atoms with E-state index in [9.17, 15) is 4.79 Å². The summed E-state index contributed by atoms with van der Waals surface area (Å²) in [5.74, 6) is 0.433. The van der Waals surface area contributed by atoms with Crippen LogP contribution in [0.25, 0.3) is 5.78 Å². The third-order valence-corrected chi connectivity index (χ3v) is 4.34. The molecule has 0 bridgehead atoms. The van der Waals surface area contributed by atoms with Crippen LogP contribution in [0.2, 0.25) is 10.0 Å². The molecule has 3 aromatic rings. The van der Waals surface area contributed by atoms with Crippen LogP contribution in [0, 0.1) is 13.8 Å². The number of carbonyl (C=O) groups is 1. The molecule has 24 heavy (non-hydrogen) atoms. The summed E-state index contributed by atoms with van der Waals surface area (Å²) in [5.41, 5.74) is 3.33. The van der Waals surface area contributed by atoms with Crippen LogP contribution in [0.3, 0.4) is 0 Å². The van der Waals surface area contributed by atoms with Gasteiger partial charge in [-0.2, -0.15) is 10.1 Å². The van der Waals surface area contributed by atoms with Crippen molar-refractivity contribution in [2.45, 2.75) is 26.7 Å². The van der Waals surface area contributed by atoms with E-state index in [1.807, 2.05) is 13.8 Å². The van der Waals surface area contributed by atoms with E-state index in [-0.39, 0.29) is 5.91 Å². The number of aromatic nitrogens is 4. The molecule has 0 radical (unpaired) electrons. The number of amides is 1. The molecule has 0 aliphatic rings. The minimum atomic E-state index is -0.128. The average molecular weight is 364 g/mol. The molecule has 1 aromatic carbocycles. The highest BCUT2D eigenvalue weighted by Gasteiger charge is 2.13. The van der Waals surface area contributed by atoms with Gasteiger partial charge in [0.15, 0.2) is 0 Å². The minimum absolute atomic E-state index is 0.128. The lowest BCUT2D eigenvalue weighted by molar-refractivity contribution is -0.116. The fraction of sp³-hybridized carbons (Fsp3) is 0.250. The number of nitrogens with one attached hydrogen (secondary N) is 1. The summed E-state index contributed by atoms with van der Waals surface area (Å²) in [6.45, 7) is 3.85. The highest BCUT2D eigenvalue weighted by atomic mass is 35.5. The Bertz CT molecular complexity index is 922. The van der Waals surface area contributed by atoms with E-state index in [1.165, 1.54) is 6.33 Å². The Balaban J connectivity index is 1.72. The monoisotopic (exact) mass is 363 g/mol. The van der Waals surface area contributed by atoms with E-state index in [1.54, 1.807) is 22.7 Å². The second kappa shape index (κ2) is 6.75. The Kier molecular flexibility index (Phi) is 4.69. The maximum atomic E-state index is 12.2. The van der Waals surface area contributed by atoms with Gasteiger partial charge in [-0.25, -0.2) is 9.50 Å². The average Bonchev–Trinajstić information content (AvgIpc) is 2.98. The molecule has 2 aromatic heterocycles. The normalized spacial score (nSPS) is 11.0. The molecule has 6 nitrogen and oxygen atoms in total. The minimum Gasteiger partial charge on any atom is -0.325 e. The Morgan fingerprint density at radius 1 is 1.29 bits per heavy atom. The lowest BCUT2D eigenvalue weighted by Crippen LogP contribution is -2.14. The number of fused-ring (bicyclic) bond motifs is 1. The quantitative estimate of drug-likeness (QED) is 0.768. The van der Waals surface area contributed by atoms with Crippen LogP contribution in [0.4, 0.5) is 5.69 Å². The molecule has 1 amide bonds. The summed E-state index contributed by atoms with van der Waals surface area (Å²) in [7, 11) is 0.